The molecule has 1 atom stereocenters. The van der Waals surface area contributed by atoms with Gasteiger partial charge in [0.25, 0.3) is 0 Å². The molecule has 98 valence electrons. The standard InChI is InChI=1S/C11H23N5O/c1-4-5-16-11(13-8-14-16)6-10(15-12)7-17-9(2)3/h8-10,15H,4-7,12H2,1-3H3. The first kappa shape index (κ1) is 14.1. The zero-order chi connectivity index (χ0) is 12.7. The van der Waals surface area contributed by atoms with Crippen LogP contribution in [-0.2, 0) is 17.7 Å². The molecule has 0 saturated carbocycles. The Labute approximate surface area is 103 Å². The second-order valence-electron chi connectivity index (χ2n) is 4.35. The molecule has 1 rings (SSSR count). The minimum absolute atomic E-state index is 0.0669. The molecular formula is C11H23N5O. The Morgan fingerprint density at radius 1 is 1.53 bits per heavy atom. The predicted octanol–water partition coefficient (Wildman–Crippen LogP) is 0.488. The van der Waals surface area contributed by atoms with Gasteiger partial charge >= 0.3 is 0 Å². The highest BCUT2D eigenvalue weighted by molar-refractivity contribution is 4.89. The Bertz CT molecular complexity index is 313. The van der Waals surface area contributed by atoms with Crippen LogP contribution in [0.25, 0.3) is 0 Å². The van der Waals surface area contributed by atoms with Crippen LogP contribution in [0, 0.1) is 0 Å². The van der Waals surface area contributed by atoms with E-state index in [1.165, 1.54) is 0 Å². The van der Waals surface area contributed by atoms with Crippen LogP contribution >= 0.6 is 0 Å². The van der Waals surface area contributed by atoms with Gasteiger partial charge in [-0.05, 0) is 20.3 Å². The third-order valence-corrected chi connectivity index (χ3v) is 2.43. The van der Waals surface area contributed by atoms with Crippen LogP contribution in [0.2, 0.25) is 0 Å². The van der Waals surface area contributed by atoms with E-state index in [4.69, 9.17) is 10.6 Å². The molecule has 0 aliphatic rings. The normalized spacial score (nSPS) is 13.2. The fraction of sp³-hybridized carbons (Fsp3) is 0.818. The third-order valence-electron chi connectivity index (χ3n) is 2.43. The number of ether oxygens (including phenoxy) is 1. The molecule has 0 aliphatic heterocycles. The lowest BCUT2D eigenvalue weighted by molar-refractivity contribution is 0.0607. The molecular weight excluding hydrogens is 218 g/mol. The Morgan fingerprint density at radius 3 is 2.88 bits per heavy atom. The number of nitrogens with one attached hydrogen (secondary N) is 1. The summed E-state index contributed by atoms with van der Waals surface area (Å²) in [5.41, 5.74) is 2.76. The molecule has 1 heterocycles. The predicted molar refractivity (Wildman–Crippen MR) is 66.2 cm³/mol. The summed E-state index contributed by atoms with van der Waals surface area (Å²) in [5, 5.41) is 4.18. The minimum Gasteiger partial charge on any atom is -0.377 e. The molecule has 0 aromatic carbocycles. The van der Waals surface area contributed by atoms with Crippen LogP contribution in [-0.4, -0.2) is 33.5 Å². The van der Waals surface area contributed by atoms with Crippen molar-refractivity contribution < 1.29 is 4.74 Å². The monoisotopic (exact) mass is 241 g/mol. The molecule has 0 saturated heterocycles. The van der Waals surface area contributed by atoms with E-state index in [0.29, 0.717) is 6.61 Å². The highest BCUT2D eigenvalue weighted by atomic mass is 16.5. The van der Waals surface area contributed by atoms with Crippen molar-refractivity contribution in [2.24, 2.45) is 5.84 Å². The smallest absolute Gasteiger partial charge is 0.138 e. The Kier molecular flexibility index (Phi) is 6.10. The van der Waals surface area contributed by atoms with Crippen LogP contribution in [0.1, 0.15) is 33.0 Å². The highest BCUT2D eigenvalue weighted by Gasteiger charge is 2.13. The molecule has 1 unspecified atom stereocenters. The average Bonchev–Trinajstić information content (AvgIpc) is 2.72. The van der Waals surface area contributed by atoms with Gasteiger partial charge in [-0.15, -0.1) is 0 Å². The van der Waals surface area contributed by atoms with E-state index in [1.807, 2.05) is 18.5 Å². The van der Waals surface area contributed by atoms with Crippen molar-refractivity contribution in [1.29, 1.82) is 0 Å². The Balaban J connectivity index is 2.51. The van der Waals surface area contributed by atoms with Gasteiger partial charge in [0.1, 0.15) is 12.2 Å². The number of hydrogen-bond acceptors (Lipinski definition) is 5. The lowest BCUT2D eigenvalue weighted by Gasteiger charge is -2.17. The third kappa shape index (κ3) is 4.80. The van der Waals surface area contributed by atoms with Gasteiger partial charge in [-0.25, -0.2) is 4.98 Å². The van der Waals surface area contributed by atoms with Gasteiger partial charge in [0.2, 0.25) is 0 Å². The van der Waals surface area contributed by atoms with E-state index in [1.54, 1.807) is 6.33 Å². The fourth-order valence-electron chi connectivity index (χ4n) is 1.54. The molecule has 0 amide bonds. The largest absolute Gasteiger partial charge is 0.377 e. The van der Waals surface area contributed by atoms with Crippen molar-refractivity contribution in [2.45, 2.75) is 52.3 Å². The van der Waals surface area contributed by atoms with Crippen molar-refractivity contribution in [1.82, 2.24) is 20.2 Å². The lowest BCUT2D eigenvalue weighted by atomic mass is 10.2. The van der Waals surface area contributed by atoms with Crippen molar-refractivity contribution in [3.05, 3.63) is 12.2 Å². The molecule has 0 bridgehead atoms. The molecule has 6 heteroatoms. The van der Waals surface area contributed by atoms with E-state index in [0.717, 1.165) is 25.2 Å². The van der Waals surface area contributed by atoms with E-state index in [-0.39, 0.29) is 12.1 Å². The van der Waals surface area contributed by atoms with E-state index in [9.17, 15) is 0 Å². The van der Waals surface area contributed by atoms with Gasteiger partial charge in [-0.3, -0.25) is 16.0 Å². The lowest BCUT2D eigenvalue weighted by Crippen LogP contribution is -2.41. The van der Waals surface area contributed by atoms with Gasteiger partial charge in [0.05, 0.1) is 18.8 Å². The van der Waals surface area contributed by atoms with Gasteiger partial charge in [-0.1, -0.05) is 6.92 Å². The van der Waals surface area contributed by atoms with Crippen LogP contribution < -0.4 is 11.3 Å². The van der Waals surface area contributed by atoms with Crippen molar-refractivity contribution in [3.8, 4) is 0 Å². The average molecular weight is 241 g/mol. The number of rotatable bonds is 8. The summed E-state index contributed by atoms with van der Waals surface area (Å²) in [5.74, 6) is 6.46. The van der Waals surface area contributed by atoms with E-state index >= 15 is 0 Å². The molecule has 1 aromatic rings. The van der Waals surface area contributed by atoms with E-state index < -0.39 is 0 Å². The van der Waals surface area contributed by atoms with E-state index in [2.05, 4.69) is 22.4 Å². The molecule has 0 radical (unpaired) electrons. The van der Waals surface area contributed by atoms with Gasteiger partial charge in [-0.2, -0.15) is 5.10 Å². The molecule has 1 aromatic heterocycles. The Hall–Kier alpha value is -0.980. The maximum Gasteiger partial charge on any atom is 0.138 e. The topological polar surface area (TPSA) is 78.0 Å². The first-order chi connectivity index (χ1) is 8.17. The second-order valence-corrected chi connectivity index (χ2v) is 4.35. The van der Waals surface area contributed by atoms with Crippen LogP contribution in [0.3, 0.4) is 0 Å². The van der Waals surface area contributed by atoms with Crippen LogP contribution in [0.5, 0.6) is 0 Å². The summed E-state index contributed by atoms with van der Waals surface area (Å²) in [7, 11) is 0. The summed E-state index contributed by atoms with van der Waals surface area (Å²) >= 11 is 0. The zero-order valence-corrected chi connectivity index (χ0v) is 10.9. The molecule has 6 nitrogen and oxygen atoms in total. The zero-order valence-electron chi connectivity index (χ0n) is 10.9. The quantitative estimate of drug-likeness (QED) is 0.511. The molecule has 17 heavy (non-hydrogen) atoms. The first-order valence-electron chi connectivity index (χ1n) is 6.11. The number of nitrogens with two attached hydrogens (primary N) is 1. The van der Waals surface area contributed by atoms with Crippen LogP contribution in [0.4, 0.5) is 0 Å². The summed E-state index contributed by atoms with van der Waals surface area (Å²) in [6.45, 7) is 7.59. The Morgan fingerprint density at radius 2 is 2.29 bits per heavy atom. The summed E-state index contributed by atoms with van der Waals surface area (Å²) in [6.07, 6.45) is 3.56. The number of aryl methyl sites for hydroxylation is 1. The highest BCUT2D eigenvalue weighted by Crippen LogP contribution is 2.02. The van der Waals surface area contributed by atoms with Crippen molar-refractivity contribution in [2.75, 3.05) is 6.61 Å². The fourth-order valence-corrected chi connectivity index (χ4v) is 1.54. The number of nitrogens with zero attached hydrogens (tertiary/aromatic N) is 3. The second kappa shape index (κ2) is 7.37. The molecule has 3 N–H and O–H groups in total. The summed E-state index contributed by atoms with van der Waals surface area (Å²) < 4.78 is 7.46. The van der Waals surface area contributed by atoms with Crippen LogP contribution in [0.15, 0.2) is 6.33 Å². The summed E-state index contributed by atoms with van der Waals surface area (Å²) in [6, 6.07) is 0.0669. The minimum atomic E-state index is 0.0669. The number of aromatic nitrogens is 3. The van der Waals surface area contributed by atoms with Gasteiger partial charge < -0.3 is 4.74 Å². The van der Waals surface area contributed by atoms with Crippen molar-refractivity contribution >= 4 is 0 Å². The van der Waals surface area contributed by atoms with Gasteiger partial charge in [0, 0.05) is 13.0 Å². The first-order valence-corrected chi connectivity index (χ1v) is 6.11. The molecule has 0 fully saturated rings. The summed E-state index contributed by atoms with van der Waals surface area (Å²) in [4.78, 5) is 4.25. The van der Waals surface area contributed by atoms with Crippen molar-refractivity contribution in [3.63, 3.8) is 0 Å². The number of hydrazine groups is 1. The SMILES string of the molecule is CCCn1ncnc1CC(COC(C)C)NN. The molecule has 0 aliphatic carbocycles. The maximum atomic E-state index is 5.54. The molecule has 0 spiro atoms. The number of hydrogen-bond donors (Lipinski definition) is 2. The maximum absolute atomic E-state index is 5.54. The van der Waals surface area contributed by atoms with Gasteiger partial charge in [0.15, 0.2) is 0 Å².